The van der Waals surface area contributed by atoms with Gasteiger partial charge in [0.2, 0.25) is 11.9 Å². The predicted molar refractivity (Wildman–Crippen MR) is 108 cm³/mol. The standard InChI is InChI=1S/C19H15Cl2N5O3/c20-14-6-3-12(7-15(14)21)24-18(28)9-29-13-4-1-11(2-5-13)16-8-17(27)25-19-22-10-23-26(16)19/h1-7,10,16H,8-9H2,(H,24,28)(H,22,23,25,27)/t16-/m0/s1. The van der Waals surface area contributed by atoms with Crippen molar-refractivity contribution in [3.63, 3.8) is 0 Å². The number of ether oxygens (including phenoxy) is 1. The van der Waals surface area contributed by atoms with Gasteiger partial charge in [0, 0.05) is 5.69 Å². The maximum absolute atomic E-state index is 12.1. The Morgan fingerprint density at radius 1 is 1.21 bits per heavy atom. The van der Waals surface area contributed by atoms with Crippen molar-refractivity contribution in [2.24, 2.45) is 0 Å². The first-order chi connectivity index (χ1) is 14.0. The summed E-state index contributed by atoms with van der Waals surface area (Å²) in [5.74, 6) is 0.501. The van der Waals surface area contributed by atoms with Gasteiger partial charge in [0.1, 0.15) is 12.1 Å². The van der Waals surface area contributed by atoms with Crippen LogP contribution in [0, 0.1) is 0 Å². The van der Waals surface area contributed by atoms with Crippen molar-refractivity contribution < 1.29 is 14.3 Å². The van der Waals surface area contributed by atoms with E-state index in [0.29, 0.717) is 27.4 Å². The molecule has 2 N–H and O–H groups in total. The third kappa shape index (κ3) is 4.33. The molecule has 0 saturated heterocycles. The number of amides is 2. The molecular weight excluding hydrogens is 417 g/mol. The third-order valence-electron chi connectivity index (χ3n) is 4.34. The molecule has 1 atom stereocenters. The number of aromatic nitrogens is 3. The van der Waals surface area contributed by atoms with Crippen LogP contribution in [-0.2, 0) is 9.59 Å². The fourth-order valence-corrected chi connectivity index (χ4v) is 3.27. The summed E-state index contributed by atoms with van der Waals surface area (Å²) < 4.78 is 7.20. The number of carbonyl (C=O) groups excluding carboxylic acids is 2. The summed E-state index contributed by atoms with van der Waals surface area (Å²) in [6.45, 7) is -0.168. The number of carbonyl (C=O) groups is 2. The second-order valence-corrected chi connectivity index (χ2v) is 7.15. The van der Waals surface area contributed by atoms with Crippen LogP contribution in [0.15, 0.2) is 48.8 Å². The van der Waals surface area contributed by atoms with Crippen molar-refractivity contribution in [1.82, 2.24) is 14.8 Å². The molecule has 0 bridgehead atoms. The molecule has 8 nitrogen and oxygen atoms in total. The number of hydrogen-bond donors (Lipinski definition) is 2. The number of benzene rings is 2. The molecule has 2 amide bonds. The van der Waals surface area contributed by atoms with E-state index in [0.717, 1.165) is 5.56 Å². The van der Waals surface area contributed by atoms with E-state index in [-0.39, 0.29) is 30.9 Å². The number of halogens is 2. The van der Waals surface area contributed by atoms with E-state index >= 15 is 0 Å². The van der Waals surface area contributed by atoms with Gasteiger partial charge in [-0.15, -0.1) is 0 Å². The topological polar surface area (TPSA) is 98.1 Å². The van der Waals surface area contributed by atoms with Gasteiger partial charge in [0.05, 0.1) is 22.5 Å². The highest BCUT2D eigenvalue weighted by Crippen LogP contribution is 2.29. The van der Waals surface area contributed by atoms with Gasteiger partial charge < -0.3 is 10.1 Å². The molecule has 0 spiro atoms. The van der Waals surface area contributed by atoms with E-state index in [1.54, 1.807) is 35.0 Å². The molecule has 0 unspecified atom stereocenters. The summed E-state index contributed by atoms with van der Waals surface area (Å²) in [4.78, 5) is 28.0. The van der Waals surface area contributed by atoms with Gasteiger partial charge in [0.15, 0.2) is 6.61 Å². The second-order valence-electron chi connectivity index (χ2n) is 6.33. The van der Waals surface area contributed by atoms with Crippen molar-refractivity contribution in [1.29, 1.82) is 0 Å². The maximum atomic E-state index is 12.1. The first kappa shape index (κ1) is 19.2. The number of fused-ring (bicyclic) bond motifs is 1. The zero-order valence-corrected chi connectivity index (χ0v) is 16.4. The van der Waals surface area contributed by atoms with E-state index < -0.39 is 0 Å². The lowest BCUT2D eigenvalue weighted by Crippen LogP contribution is -2.29. The van der Waals surface area contributed by atoms with Crippen molar-refractivity contribution >= 4 is 46.7 Å². The predicted octanol–water partition coefficient (Wildman–Crippen LogP) is 3.53. The molecule has 0 radical (unpaired) electrons. The number of anilines is 2. The van der Waals surface area contributed by atoms with Gasteiger partial charge in [0.25, 0.3) is 5.91 Å². The van der Waals surface area contributed by atoms with Gasteiger partial charge in [-0.2, -0.15) is 10.1 Å². The van der Waals surface area contributed by atoms with Gasteiger partial charge in [-0.3, -0.25) is 14.9 Å². The highest BCUT2D eigenvalue weighted by molar-refractivity contribution is 6.42. The van der Waals surface area contributed by atoms with Crippen LogP contribution in [0.4, 0.5) is 11.6 Å². The van der Waals surface area contributed by atoms with Crippen molar-refractivity contribution in [2.45, 2.75) is 12.5 Å². The zero-order valence-electron chi connectivity index (χ0n) is 14.9. The molecule has 3 aromatic rings. The van der Waals surface area contributed by atoms with Gasteiger partial charge in [-0.05, 0) is 35.9 Å². The summed E-state index contributed by atoms with van der Waals surface area (Å²) in [6.07, 6.45) is 1.67. The average molecular weight is 432 g/mol. The highest BCUT2D eigenvalue weighted by atomic mass is 35.5. The molecule has 0 saturated carbocycles. The van der Waals surface area contributed by atoms with Gasteiger partial charge in [-0.25, -0.2) is 4.68 Å². The van der Waals surface area contributed by atoms with Crippen LogP contribution < -0.4 is 15.4 Å². The quantitative estimate of drug-likeness (QED) is 0.643. The van der Waals surface area contributed by atoms with Crippen molar-refractivity contribution in [2.75, 3.05) is 17.2 Å². The Morgan fingerprint density at radius 3 is 2.76 bits per heavy atom. The lowest BCUT2D eigenvalue weighted by molar-refractivity contribution is -0.118. The molecule has 0 fully saturated rings. The molecule has 1 aliphatic heterocycles. The van der Waals surface area contributed by atoms with Crippen LogP contribution in [0.5, 0.6) is 5.75 Å². The van der Waals surface area contributed by atoms with Crippen molar-refractivity contribution in [3.8, 4) is 5.75 Å². The highest BCUT2D eigenvalue weighted by Gasteiger charge is 2.27. The van der Waals surface area contributed by atoms with E-state index in [1.165, 1.54) is 6.33 Å². The van der Waals surface area contributed by atoms with Crippen LogP contribution in [-0.4, -0.2) is 33.2 Å². The fraction of sp³-hybridized carbons (Fsp3) is 0.158. The van der Waals surface area contributed by atoms with Gasteiger partial charge >= 0.3 is 0 Å². The molecule has 1 aromatic heterocycles. The normalized spacial score (nSPS) is 15.4. The Bertz CT molecular complexity index is 1070. The summed E-state index contributed by atoms with van der Waals surface area (Å²) in [5, 5.41) is 10.3. The maximum Gasteiger partial charge on any atom is 0.262 e. The summed E-state index contributed by atoms with van der Waals surface area (Å²) in [5.41, 5.74) is 1.42. The van der Waals surface area contributed by atoms with Crippen LogP contribution in [0.25, 0.3) is 0 Å². The third-order valence-corrected chi connectivity index (χ3v) is 5.08. The Kier molecular flexibility index (Phi) is 5.37. The van der Waals surface area contributed by atoms with Gasteiger partial charge in [-0.1, -0.05) is 35.3 Å². The van der Waals surface area contributed by atoms with E-state index in [2.05, 4.69) is 20.7 Å². The van der Waals surface area contributed by atoms with Crippen LogP contribution >= 0.6 is 23.2 Å². The summed E-state index contributed by atoms with van der Waals surface area (Å²) in [7, 11) is 0. The Morgan fingerprint density at radius 2 is 2.00 bits per heavy atom. The molecule has 0 aliphatic carbocycles. The molecule has 29 heavy (non-hydrogen) atoms. The summed E-state index contributed by atoms with van der Waals surface area (Å²) >= 11 is 11.8. The van der Waals surface area contributed by atoms with Crippen LogP contribution in [0.3, 0.4) is 0 Å². The molecule has 148 valence electrons. The number of hydrogen-bond acceptors (Lipinski definition) is 5. The molecule has 10 heteroatoms. The molecular formula is C19H15Cl2N5O3. The minimum atomic E-state index is -0.330. The number of nitrogens with zero attached hydrogens (tertiary/aromatic N) is 3. The smallest absolute Gasteiger partial charge is 0.262 e. The van der Waals surface area contributed by atoms with E-state index in [4.69, 9.17) is 27.9 Å². The lowest BCUT2D eigenvalue weighted by atomic mass is 10.0. The number of nitrogens with one attached hydrogen (secondary N) is 2. The second kappa shape index (κ2) is 8.10. The largest absolute Gasteiger partial charge is 0.484 e. The Balaban J connectivity index is 1.37. The molecule has 1 aliphatic rings. The summed E-state index contributed by atoms with van der Waals surface area (Å²) in [6, 6.07) is 11.7. The zero-order chi connectivity index (χ0) is 20.4. The minimum Gasteiger partial charge on any atom is -0.484 e. The first-order valence-corrected chi connectivity index (χ1v) is 9.42. The van der Waals surface area contributed by atoms with E-state index in [1.807, 2.05) is 12.1 Å². The Labute approximate surface area is 175 Å². The minimum absolute atomic E-state index is 0.116. The van der Waals surface area contributed by atoms with E-state index in [9.17, 15) is 9.59 Å². The SMILES string of the molecule is O=C(COc1ccc([C@@H]2CC(=O)Nc3ncnn32)cc1)Nc1ccc(Cl)c(Cl)c1. The lowest BCUT2D eigenvalue weighted by Gasteiger charge is -2.23. The fourth-order valence-electron chi connectivity index (χ4n) is 2.97. The number of rotatable bonds is 5. The van der Waals surface area contributed by atoms with Crippen LogP contribution in [0.1, 0.15) is 18.0 Å². The first-order valence-electron chi connectivity index (χ1n) is 8.66. The monoisotopic (exact) mass is 431 g/mol. The molecule has 2 aromatic carbocycles. The average Bonchev–Trinajstić information content (AvgIpc) is 3.17. The Hall–Kier alpha value is -3.10. The molecule has 4 rings (SSSR count). The van der Waals surface area contributed by atoms with Crippen molar-refractivity contribution in [3.05, 3.63) is 64.4 Å². The molecule has 2 heterocycles. The van der Waals surface area contributed by atoms with Crippen LogP contribution in [0.2, 0.25) is 10.0 Å².